The van der Waals surface area contributed by atoms with Crippen molar-refractivity contribution in [2.75, 3.05) is 138 Å². The Kier molecular flexibility index (Phi) is 25.9. The van der Waals surface area contributed by atoms with Gasteiger partial charge < -0.3 is 68.6 Å². The van der Waals surface area contributed by atoms with E-state index in [4.69, 9.17) is 52.9 Å². The number of nitrogens with one attached hydrogen (secondary N) is 4. The maximum atomic E-state index is 12.6. The number of rotatable bonds is 36. The molecule has 3 aliphatic heterocycles. The first-order valence-electron chi connectivity index (χ1n) is 20.8. The number of azide groups is 1. The monoisotopic (exact) mass is 869 g/mol. The summed E-state index contributed by atoms with van der Waals surface area (Å²) in [4.78, 5) is 39.2. The van der Waals surface area contributed by atoms with Gasteiger partial charge in [0.2, 0.25) is 5.91 Å². The summed E-state index contributed by atoms with van der Waals surface area (Å²) < 4.78 is 55.3. The maximum absolute atomic E-state index is 12.6. The van der Waals surface area contributed by atoms with E-state index in [1.54, 1.807) is 24.3 Å². The van der Waals surface area contributed by atoms with Crippen LogP contribution in [0.3, 0.4) is 0 Å². The van der Waals surface area contributed by atoms with E-state index in [1.807, 2.05) is 11.8 Å². The highest BCUT2D eigenvalue weighted by Gasteiger charge is 2.42. The first-order chi connectivity index (χ1) is 29.5. The number of amides is 4. The van der Waals surface area contributed by atoms with Crippen LogP contribution < -0.4 is 21.3 Å². The highest BCUT2D eigenvalue weighted by molar-refractivity contribution is 8.00. The van der Waals surface area contributed by atoms with E-state index in [1.165, 1.54) is 0 Å². The fraction of sp³-hybridized carbons (Fsp3) is 0.769. The van der Waals surface area contributed by atoms with Gasteiger partial charge in [-0.05, 0) is 30.5 Å². The number of hydrogen-bond donors (Lipinski definition) is 4. The second-order valence-corrected chi connectivity index (χ2v) is 15.1. The smallest absolute Gasteiger partial charge is 0.315 e. The molecule has 4 rings (SSSR count). The Morgan fingerprint density at radius 1 is 0.767 bits per heavy atom. The number of ether oxygens (including phenoxy) is 10. The number of fused-ring (bicyclic) bond motifs is 1. The summed E-state index contributed by atoms with van der Waals surface area (Å²) in [5.74, 6) is 0.718. The van der Waals surface area contributed by atoms with Crippen LogP contribution in [-0.4, -0.2) is 179 Å². The molecule has 3 heterocycles. The molecule has 0 aliphatic carbocycles. The molecule has 4 N–H and O–H groups in total. The fourth-order valence-electron chi connectivity index (χ4n) is 6.24. The van der Waals surface area contributed by atoms with Gasteiger partial charge in [0, 0.05) is 53.1 Å². The summed E-state index contributed by atoms with van der Waals surface area (Å²) in [5, 5.41) is 15.5. The summed E-state index contributed by atoms with van der Waals surface area (Å²) in [6.45, 7) is 8.49. The van der Waals surface area contributed by atoms with Crippen LogP contribution in [0, 0.1) is 0 Å². The number of hydrogen-bond acceptors (Lipinski definition) is 15. The Morgan fingerprint density at radius 3 is 1.92 bits per heavy atom. The zero-order valence-electron chi connectivity index (χ0n) is 34.4. The van der Waals surface area contributed by atoms with Crippen molar-refractivity contribution >= 4 is 29.6 Å². The van der Waals surface area contributed by atoms with Crippen LogP contribution in [-0.2, 0) is 52.2 Å². The second kappa shape index (κ2) is 31.5. The van der Waals surface area contributed by atoms with Crippen LogP contribution in [0.15, 0.2) is 29.4 Å². The van der Waals surface area contributed by atoms with Crippen molar-refractivity contribution in [3.8, 4) is 0 Å². The Hall–Kier alpha value is -3.31. The van der Waals surface area contributed by atoms with Crippen LogP contribution in [0.2, 0.25) is 0 Å². The predicted molar refractivity (Wildman–Crippen MR) is 220 cm³/mol. The molecule has 60 heavy (non-hydrogen) atoms. The molecule has 3 fully saturated rings. The number of unbranched alkanes of at least 4 members (excludes halogenated alkanes) is 1. The van der Waals surface area contributed by atoms with Gasteiger partial charge in [0.1, 0.15) is 6.10 Å². The Labute approximate surface area is 356 Å². The third-order valence-electron chi connectivity index (χ3n) is 9.34. The normalized spacial score (nSPS) is 20.7. The van der Waals surface area contributed by atoms with E-state index in [2.05, 4.69) is 31.3 Å². The van der Waals surface area contributed by atoms with Crippen molar-refractivity contribution in [2.24, 2.45) is 5.11 Å². The van der Waals surface area contributed by atoms with Gasteiger partial charge in [0.25, 0.3) is 5.91 Å². The predicted octanol–water partition coefficient (Wildman–Crippen LogP) is 2.12. The molecule has 0 radical (unpaired) electrons. The fourth-order valence-corrected chi connectivity index (χ4v) is 7.79. The van der Waals surface area contributed by atoms with Crippen molar-refractivity contribution < 1.29 is 61.8 Å². The minimum Gasteiger partial charge on any atom is -0.379 e. The summed E-state index contributed by atoms with van der Waals surface area (Å²) >= 11 is 1.89. The second-order valence-electron chi connectivity index (χ2n) is 13.8. The van der Waals surface area contributed by atoms with Gasteiger partial charge in [-0.2, -0.15) is 11.8 Å². The largest absolute Gasteiger partial charge is 0.379 e. The molecule has 5 unspecified atom stereocenters. The molecule has 0 aromatic heterocycles. The number of carbonyl (C=O) groups excluding carboxylic acids is 3. The number of carbonyl (C=O) groups is 3. The summed E-state index contributed by atoms with van der Waals surface area (Å²) in [6.07, 6.45) is 2.34. The quantitative estimate of drug-likeness (QED) is 0.0249. The molecule has 3 aliphatic rings. The zero-order chi connectivity index (χ0) is 42.3. The Balaban J connectivity index is 0.861. The van der Waals surface area contributed by atoms with E-state index in [0.717, 1.165) is 30.6 Å². The summed E-state index contributed by atoms with van der Waals surface area (Å²) in [6, 6.07) is 7.39. The minimum atomic E-state index is -0.562. The molecule has 0 bridgehead atoms. The van der Waals surface area contributed by atoms with Crippen LogP contribution in [0.1, 0.15) is 47.9 Å². The van der Waals surface area contributed by atoms with Crippen molar-refractivity contribution in [1.82, 2.24) is 21.3 Å². The van der Waals surface area contributed by atoms with Crippen molar-refractivity contribution in [3.63, 3.8) is 0 Å². The van der Waals surface area contributed by atoms with Crippen molar-refractivity contribution in [3.05, 3.63) is 45.8 Å². The van der Waals surface area contributed by atoms with E-state index in [9.17, 15) is 14.4 Å². The lowest BCUT2D eigenvalue weighted by Gasteiger charge is -2.16. The van der Waals surface area contributed by atoms with Crippen molar-refractivity contribution in [2.45, 2.75) is 55.4 Å². The minimum absolute atomic E-state index is 0.0111. The van der Waals surface area contributed by atoms with E-state index >= 15 is 0 Å². The lowest BCUT2D eigenvalue weighted by molar-refractivity contribution is -0.122. The van der Waals surface area contributed by atoms with Gasteiger partial charge in [-0.1, -0.05) is 23.7 Å². The average molecular weight is 870 g/mol. The van der Waals surface area contributed by atoms with Crippen LogP contribution >= 0.6 is 11.8 Å². The Bertz CT molecular complexity index is 1400. The summed E-state index contributed by atoms with van der Waals surface area (Å²) in [7, 11) is 0. The van der Waals surface area contributed by atoms with Crippen LogP contribution in [0.25, 0.3) is 10.4 Å². The number of thioether (sulfide) groups is 1. The zero-order valence-corrected chi connectivity index (χ0v) is 35.2. The van der Waals surface area contributed by atoms with Gasteiger partial charge in [-0.15, -0.1) is 0 Å². The van der Waals surface area contributed by atoms with Gasteiger partial charge in [0.15, 0.2) is 6.29 Å². The molecule has 4 amide bonds. The van der Waals surface area contributed by atoms with Gasteiger partial charge in [0.05, 0.1) is 124 Å². The van der Waals surface area contributed by atoms with Crippen molar-refractivity contribution in [1.29, 1.82) is 0 Å². The lowest BCUT2D eigenvalue weighted by atomic mass is 10.0. The third-order valence-corrected chi connectivity index (χ3v) is 10.8. The third kappa shape index (κ3) is 21.0. The lowest BCUT2D eigenvalue weighted by Crippen LogP contribution is -2.36. The summed E-state index contributed by atoms with van der Waals surface area (Å²) in [5.41, 5.74) is 9.47. The van der Waals surface area contributed by atoms with E-state index in [-0.39, 0.29) is 36.0 Å². The standard InChI is InChI=1S/C39H63N7O13S/c40-46-43-10-12-51-14-16-53-18-20-55-22-24-57-26-25-56-23-21-54-19-17-52-15-13-50-11-9-41-37(48)30-5-7-31(8-6-30)38-58-28-32(59-38)27-42-35(47)4-2-1-3-34-36-33(29-60-34)44-39(49)45-36/h5-8,32-34,36,38H,1-4,9-29H2,(H,41,48)(H,42,47)(H2,44,45,49). The molecule has 21 heteroatoms. The number of urea groups is 1. The number of nitrogens with zero attached hydrogens (tertiary/aromatic N) is 3. The van der Waals surface area contributed by atoms with E-state index < -0.39 is 6.29 Å². The molecule has 20 nitrogen and oxygen atoms in total. The highest BCUT2D eigenvalue weighted by Crippen LogP contribution is 2.33. The molecule has 0 spiro atoms. The van der Waals surface area contributed by atoms with Crippen LogP contribution in [0.4, 0.5) is 4.79 Å². The van der Waals surface area contributed by atoms with Gasteiger partial charge in [-0.25, -0.2) is 4.79 Å². The highest BCUT2D eigenvalue weighted by atomic mass is 32.2. The number of benzene rings is 1. The van der Waals surface area contributed by atoms with Crippen LogP contribution in [0.5, 0.6) is 0 Å². The molecule has 338 valence electrons. The SMILES string of the molecule is [N-]=[N+]=NCCOCCOCCOCCOCCOCCOCCOCCOCCNC(=O)c1ccc(C2OCC(CNC(=O)CCCCC3SCC4NC(=O)NC43)O2)cc1. The van der Waals surface area contributed by atoms with Gasteiger partial charge >= 0.3 is 6.03 Å². The molecular weight excluding hydrogens is 807 g/mol. The Morgan fingerprint density at radius 2 is 1.33 bits per heavy atom. The van der Waals surface area contributed by atoms with E-state index in [0.29, 0.717) is 149 Å². The topological polar surface area (TPSA) is 240 Å². The molecule has 1 aromatic carbocycles. The molecule has 1 aromatic rings. The average Bonchev–Trinajstić information content (AvgIpc) is 3.99. The molecule has 0 saturated carbocycles. The maximum Gasteiger partial charge on any atom is 0.315 e. The van der Waals surface area contributed by atoms with Gasteiger partial charge in [-0.3, -0.25) is 9.59 Å². The molecule has 3 saturated heterocycles. The molecular formula is C39H63N7O13S. The first-order valence-corrected chi connectivity index (χ1v) is 21.8. The first kappa shape index (κ1) is 49.3. The molecule has 5 atom stereocenters.